The van der Waals surface area contributed by atoms with Crippen LogP contribution < -0.4 is 0 Å². The highest BCUT2D eigenvalue weighted by atomic mass is 32.2. The molecule has 1 aliphatic rings. The topological polar surface area (TPSA) is 56.0 Å². The van der Waals surface area contributed by atoms with Gasteiger partial charge in [-0.3, -0.25) is 4.79 Å². The van der Waals surface area contributed by atoms with E-state index in [1.54, 1.807) is 11.8 Å². The highest BCUT2D eigenvalue weighted by Gasteiger charge is 2.24. The van der Waals surface area contributed by atoms with Crippen LogP contribution in [-0.4, -0.2) is 20.7 Å². The predicted octanol–water partition coefficient (Wildman–Crippen LogP) is 3.40. The molecule has 4 nitrogen and oxygen atoms in total. The number of carbonyl (C=O) groups is 1. The van der Waals surface area contributed by atoms with Gasteiger partial charge in [-0.25, -0.2) is 0 Å². The fraction of sp³-hybridized carbons (Fsp3) is 0.786. The first-order valence-electron chi connectivity index (χ1n) is 6.92. The number of ketones is 1. The molecule has 0 N–H and O–H groups in total. The third-order valence-electron chi connectivity index (χ3n) is 3.28. The average Bonchev–Trinajstić information content (AvgIpc) is 2.96. The van der Waals surface area contributed by atoms with Crippen LogP contribution in [0.2, 0.25) is 0 Å². The van der Waals surface area contributed by atoms with Gasteiger partial charge in [-0.2, -0.15) is 4.98 Å². The molecule has 19 heavy (non-hydrogen) atoms. The van der Waals surface area contributed by atoms with Gasteiger partial charge in [0.2, 0.25) is 5.89 Å². The maximum atomic E-state index is 12.0. The summed E-state index contributed by atoms with van der Waals surface area (Å²) in [4.78, 5) is 16.3. The summed E-state index contributed by atoms with van der Waals surface area (Å²) in [5.74, 6) is 2.37. The molecule has 1 fully saturated rings. The first-order valence-corrected chi connectivity index (χ1v) is 7.91. The number of Topliss-reactive ketones (excluding diaryl/α,β-unsaturated/α-hetero) is 1. The summed E-state index contributed by atoms with van der Waals surface area (Å²) in [5.41, 5.74) is 0. The fourth-order valence-electron chi connectivity index (χ4n) is 2.24. The van der Waals surface area contributed by atoms with Gasteiger partial charge >= 0.3 is 0 Å². The minimum atomic E-state index is 0.181. The molecule has 1 saturated carbocycles. The third-order valence-corrected chi connectivity index (χ3v) is 4.55. The van der Waals surface area contributed by atoms with Gasteiger partial charge in [0.15, 0.2) is 5.82 Å². The Morgan fingerprint density at radius 2 is 2.05 bits per heavy atom. The Morgan fingerprint density at radius 1 is 1.37 bits per heavy atom. The van der Waals surface area contributed by atoms with Crippen molar-refractivity contribution in [2.45, 2.75) is 63.4 Å². The molecule has 106 valence electrons. The molecular weight excluding hydrogens is 260 g/mol. The molecular formula is C14H22N2O2S. The van der Waals surface area contributed by atoms with Crippen molar-refractivity contribution in [3.63, 3.8) is 0 Å². The Labute approximate surface area is 118 Å². The number of thioether (sulfide) groups is 1. The lowest BCUT2D eigenvalue weighted by Gasteiger charge is -2.15. The second-order valence-corrected chi connectivity index (χ2v) is 7.93. The third kappa shape index (κ3) is 4.64. The minimum Gasteiger partial charge on any atom is -0.339 e. The van der Waals surface area contributed by atoms with E-state index in [0.29, 0.717) is 18.1 Å². The Morgan fingerprint density at radius 3 is 2.68 bits per heavy atom. The molecule has 1 aromatic rings. The van der Waals surface area contributed by atoms with Crippen molar-refractivity contribution in [2.24, 2.45) is 5.92 Å². The molecule has 1 aromatic heterocycles. The molecule has 0 saturated heterocycles. The van der Waals surface area contributed by atoms with Crippen LogP contribution in [0.1, 0.15) is 58.2 Å². The Balaban J connectivity index is 1.85. The summed E-state index contributed by atoms with van der Waals surface area (Å²) in [7, 11) is 0. The Kier molecular flexibility index (Phi) is 4.66. The zero-order valence-electron chi connectivity index (χ0n) is 11.9. The number of nitrogens with zero attached hydrogens (tertiary/aromatic N) is 2. The van der Waals surface area contributed by atoms with E-state index in [0.717, 1.165) is 18.6 Å². The van der Waals surface area contributed by atoms with Crippen molar-refractivity contribution in [3.05, 3.63) is 11.7 Å². The predicted molar refractivity (Wildman–Crippen MR) is 76.0 cm³/mol. The summed E-state index contributed by atoms with van der Waals surface area (Å²) >= 11 is 1.77. The van der Waals surface area contributed by atoms with E-state index in [1.165, 1.54) is 12.8 Å². The molecule has 2 rings (SSSR count). The summed E-state index contributed by atoms with van der Waals surface area (Å²) in [5, 5.41) is 3.94. The van der Waals surface area contributed by atoms with Crippen LogP contribution in [0.3, 0.4) is 0 Å². The highest BCUT2D eigenvalue weighted by molar-refractivity contribution is 7.99. The Hall–Kier alpha value is -0.840. The van der Waals surface area contributed by atoms with Gasteiger partial charge in [0, 0.05) is 10.7 Å². The zero-order valence-corrected chi connectivity index (χ0v) is 12.8. The average molecular weight is 282 g/mol. The van der Waals surface area contributed by atoms with Gasteiger partial charge in [0.05, 0.1) is 12.2 Å². The van der Waals surface area contributed by atoms with Crippen LogP contribution in [0.25, 0.3) is 0 Å². The van der Waals surface area contributed by atoms with E-state index in [4.69, 9.17) is 4.52 Å². The monoisotopic (exact) mass is 282 g/mol. The first kappa shape index (κ1) is 14.6. The normalized spacial score (nSPS) is 17.0. The van der Waals surface area contributed by atoms with E-state index in [1.807, 2.05) is 0 Å². The summed E-state index contributed by atoms with van der Waals surface area (Å²) < 4.78 is 5.35. The smallest absolute Gasteiger partial charge is 0.234 e. The second-order valence-electron chi connectivity index (χ2n) is 6.13. The number of carbonyl (C=O) groups excluding carboxylic acids is 1. The van der Waals surface area contributed by atoms with Crippen LogP contribution in [0.5, 0.6) is 0 Å². The van der Waals surface area contributed by atoms with Crippen LogP contribution in [0.15, 0.2) is 4.52 Å². The molecule has 0 spiro atoms. The molecule has 0 unspecified atom stereocenters. The summed E-state index contributed by atoms with van der Waals surface area (Å²) in [6.45, 7) is 6.47. The van der Waals surface area contributed by atoms with Crippen molar-refractivity contribution < 1.29 is 9.32 Å². The number of hydrogen-bond acceptors (Lipinski definition) is 5. The Bertz CT molecular complexity index is 431. The van der Waals surface area contributed by atoms with Crippen molar-refractivity contribution in [1.82, 2.24) is 10.1 Å². The minimum absolute atomic E-state index is 0.181. The standard InChI is InChI=1S/C14H22N2O2S/c1-14(2,3)19-9-12-15-13(18-16-12)8-11(17)10-6-4-5-7-10/h10H,4-9H2,1-3H3. The summed E-state index contributed by atoms with van der Waals surface area (Å²) in [6.07, 6.45) is 4.71. The van der Waals surface area contributed by atoms with E-state index in [-0.39, 0.29) is 16.4 Å². The molecule has 1 heterocycles. The number of hydrogen-bond donors (Lipinski definition) is 0. The van der Waals surface area contributed by atoms with Crippen LogP contribution in [0.4, 0.5) is 0 Å². The lowest BCUT2D eigenvalue weighted by atomic mass is 10.0. The van der Waals surface area contributed by atoms with Crippen molar-refractivity contribution in [2.75, 3.05) is 0 Å². The lowest BCUT2D eigenvalue weighted by molar-refractivity contribution is -0.122. The van der Waals surface area contributed by atoms with Crippen molar-refractivity contribution in [1.29, 1.82) is 0 Å². The first-order chi connectivity index (χ1) is 8.94. The van der Waals surface area contributed by atoms with Crippen molar-refractivity contribution >= 4 is 17.5 Å². The molecule has 1 aliphatic carbocycles. The molecule has 0 aromatic carbocycles. The second kappa shape index (κ2) is 6.07. The number of aromatic nitrogens is 2. The molecule has 0 atom stereocenters. The maximum absolute atomic E-state index is 12.0. The van der Waals surface area contributed by atoms with Crippen molar-refractivity contribution in [3.8, 4) is 0 Å². The molecule has 0 amide bonds. The van der Waals surface area contributed by atoms with Gasteiger partial charge < -0.3 is 4.52 Å². The largest absolute Gasteiger partial charge is 0.339 e. The lowest BCUT2D eigenvalue weighted by Crippen LogP contribution is -2.13. The highest BCUT2D eigenvalue weighted by Crippen LogP contribution is 2.27. The van der Waals surface area contributed by atoms with E-state index < -0.39 is 0 Å². The van der Waals surface area contributed by atoms with Gasteiger partial charge in [0.25, 0.3) is 0 Å². The van der Waals surface area contributed by atoms with Crippen LogP contribution >= 0.6 is 11.8 Å². The quantitative estimate of drug-likeness (QED) is 0.828. The van der Waals surface area contributed by atoms with Crippen LogP contribution in [0, 0.1) is 5.92 Å². The zero-order chi connectivity index (χ0) is 13.9. The molecule has 5 heteroatoms. The van der Waals surface area contributed by atoms with Gasteiger partial charge in [0.1, 0.15) is 5.78 Å². The van der Waals surface area contributed by atoms with E-state index >= 15 is 0 Å². The molecule has 0 bridgehead atoms. The van der Waals surface area contributed by atoms with E-state index in [9.17, 15) is 4.79 Å². The van der Waals surface area contributed by atoms with E-state index in [2.05, 4.69) is 30.9 Å². The molecule has 0 aliphatic heterocycles. The number of rotatable bonds is 5. The van der Waals surface area contributed by atoms with Crippen LogP contribution in [-0.2, 0) is 17.0 Å². The van der Waals surface area contributed by atoms with Gasteiger partial charge in [-0.15, -0.1) is 11.8 Å². The van der Waals surface area contributed by atoms with Gasteiger partial charge in [-0.05, 0) is 12.8 Å². The SMILES string of the molecule is CC(C)(C)SCc1noc(CC(=O)C2CCCC2)n1. The maximum Gasteiger partial charge on any atom is 0.234 e. The molecule has 0 radical (unpaired) electrons. The summed E-state index contributed by atoms with van der Waals surface area (Å²) in [6, 6.07) is 0. The fourth-order valence-corrected chi connectivity index (χ4v) is 2.92. The van der Waals surface area contributed by atoms with Gasteiger partial charge in [-0.1, -0.05) is 38.8 Å².